The van der Waals surface area contributed by atoms with Crippen molar-refractivity contribution in [3.63, 3.8) is 0 Å². The lowest BCUT2D eigenvalue weighted by atomic mass is 10.1. The first-order chi connectivity index (χ1) is 15.9. The lowest BCUT2D eigenvalue weighted by Crippen LogP contribution is -2.24. The van der Waals surface area contributed by atoms with Gasteiger partial charge in [0.05, 0.1) is 27.1 Å². The molecule has 3 rings (SSSR count). The van der Waals surface area contributed by atoms with E-state index in [0.29, 0.717) is 15.6 Å². The summed E-state index contributed by atoms with van der Waals surface area (Å²) in [5, 5.41) is 4.85. The van der Waals surface area contributed by atoms with Gasteiger partial charge < -0.3 is 10.6 Å². The Morgan fingerprint density at radius 3 is 2.12 bits per heavy atom. The Hall–Kier alpha value is -2.39. The lowest BCUT2D eigenvalue weighted by molar-refractivity contribution is -0.137. The molecule has 1 atom stereocenters. The van der Waals surface area contributed by atoms with E-state index in [4.69, 9.17) is 34.8 Å². The summed E-state index contributed by atoms with van der Waals surface area (Å²) in [4.78, 5) is 25.6. The van der Waals surface area contributed by atoms with Crippen molar-refractivity contribution in [2.24, 2.45) is 0 Å². The van der Waals surface area contributed by atoms with Gasteiger partial charge in [0.1, 0.15) is 0 Å². The number of thioether (sulfide) groups is 1. The van der Waals surface area contributed by atoms with E-state index in [1.165, 1.54) is 18.2 Å². The van der Waals surface area contributed by atoms with Crippen molar-refractivity contribution in [2.75, 3.05) is 10.6 Å². The van der Waals surface area contributed by atoms with Gasteiger partial charge in [-0.25, -0.2) is 0 Å². The molecule has 34 heavy (non-hydrogen) atoms. The van der Waals surface area contributed by atoms with Crippen LogP contribution in [0.2, 0.25) is 15.1 Å². The van der Waals surface area contributed by atoms with Crippen molar-refractivity contribution in [1.29, 1.82) is 0 Å². The van der Waals surface area contributed by atoms with Crippen LogP contribution in [0.1, 0.15) is 22.8 Å². The Morgan fingerprint density at radius 2 is 1.50 bits per heavy atom. The second-order valence-corrected chi connectivity index (χ2v) is 9.73. The molecule has 0 saturated heterocycles. The molecule has 2 N–H and O–H groups in total. The van der Waals surface area contributed by atoms with Crippen LogP contribution in [-0.2, 0) is 11.0 Å². The predicted molar refractivity (Wildman–Crippen MR) is 131 cm³/mol. The number of halogens is 6. The van der Waals surface area contributed by atoms with E-state index >= 15 is 0 Å². The second kappa shape index (κ2) is 10.9. The minimum atomic E-state index is -4.67. The molecule has 2 amide bonds. The zero-order valence-corrected chi connectivity index (χ0v) is 20.4. The molecule has 4 nitrogen and oxygen atoms in total. The highest BCUT2D eigenvalue weighted by molar-refractivity contribution is 8.00. The van der Waals surface area contributed by atoms with Crippen LogP contribution >= 0.6 is 46.6 Å². The van der Waals surface area contributed by atoms with E-state index in [2.05, 4.69) is 10.6 Å². The number of carbonyl (C=O) groups is 2. The molecule has 0 spiro atoms. The molecule has 0 saturated carbocycles. The van der Waals surface area contributed by atoms with Crippen LogP contribution < -0.4 is 10.6 Å². The summed E-state index contributed by atoms with van der Waals surface area (Å²) in [6, 6.07) is 14.3. The molecule has 0 aliphatic rings. The molecule has 0 fully saturated rings. The first-order valence-corrected chi connectivity index (χ1v) is 11.7. The average Bonchev–Trinajstić information content (AvgIpc) is 2.75. The maximum absolute atomic E-state index is 13.2. The number of carbonyl (C=O) groups excluding carboxylic acids is 2. The monoisotopic (exact) mass is 546 g/mol. The third-order valence-electron chi connectivity index (χ3n) is 4.51. The van der Waals surface area contributed by atoms with E-state index in [0.717, 1.165) is 23.9 Å². The van der Waals surface area contributed by atoms with Crippen LogP contribution in [0.25, 0.3) is 0 Å². The summed E-state index contributed by atoms with van der Waals surface area (Å²) in [5.74, 6) is -1.02. The molecule has 0 bridgehead atoms. The van der Waals surface area contributed by atoms with Crippen molar-refractivity contribution in [3.8, 4) is 0 Å². The fraction of sp³-hybridized carbons (Fsp3) is 0.130. The summed E-state index contributed by atoms with van der Waals surface area (Å²) in [7, 11) is 0. The minimum absolute atomic E-state index is 0.0849. The van der Waals surface area contributed by atoms with Gasteiger partial charge in [-0.05, 0) is 67.6 Å². The van der Waals surface area contributed by atoms with Crippen molar-refractivity contribution in [3.05, 3.63) is 86.9 Å². The van der Waals surface area contributed by atoms with E-state index < -0.39 is 28.8 Å². The molecule has 3 aromatic rings. The van der Waals surface area contributed by atoms with Gasteiger partial charge in [-0.2, -0.15) is 13.2 Å². The molecular weight excluding hydrogens is 532 g/mol. The Bertz CT molecular complexity index is 1220. The van der Waals surface area contributed by atoms with Crippen molar-refractivity contribution < 1.29 is 22.8 Å². The number of nitrogens with one attached hydrogen (secondary N) is 2. The second-order valence-electron chi connectivity index (χ2n) is 7.04. The lowest BCUT2D eigenvalue weighted by Gasteiger charge is -2.17. The number of anilines is 2. The van der Waals surface area contributed by atoms with E-state index in [1.54, 1.807) is 37.3 Å². The molecule has 11 heteroatoms. The van der Waals surface area contributed by atoms with Gasteiger partial charge in [0.15, 0.2) is 0 Å². The van der Waals surface area contributed by atoms with Crippen LogP contribution in [0.15, 0.2) is 65.6 Å². The van der Waals surface area contributed by atoms with Gasteiger partial charge in [0.25, 0.3) is 5.91 Å². The summed E-state index contributed by atoms with van der Waals surface area (Å²) in [6.45, 7) is 1.57. The highest BCUT2D eigenvalue weighted by Gasteiger charge is 2.34. The Balaban J connectivity index is 1.63. The molecule has 0 aromatic heterocycles. The molecule has 3 aromatic carbocycles. The zero-order valence-electron chi connectivity index (χ0n) is 17.3. The normalized spacial score (nSPS) is 12.2. The fourth-order valence-electron chi connectivity index (χ4n) is 2.84. The van der Waals surface area contributed by atoms with Gasteiger partial charge in [-0.3, -0.25) is 9.59 Å². The Morgan fingerprint density at radius 1 is 0.882 bits per heavy atom. The third kappa shape index (κ3) is 6.82. The van der Waals surface area contributed by atoms with Crippen LogP contribution in [-0.4, -0.2) is 17.1 Å². The van der Waals surface area contributed by atoms with E-state index in [9.17, 15) is 22.8 Å². The van der Waals surface area contributed by atoms with Gasteiger partial charge in [0.2, 0.25) is 5.91 Å². The van der Waals surface area contributed by atoms with Crippen molar-refractivity contribution >= 4 is 69.8 Å². The number of rotatable bonds is 6. The van der Waals surface area contributed by atoms with Crippen molar-refractivity contribution in [1.82, 2.24) is 0 Å². The number of benzene rings is 3. The molecule has 0 heterocycles. The van der Waals surface area contributed by atoms with Crippen molar-refractivity contribution in [2.45, 2.75) is 23.2 Å². The summed E-state index contributed by atoms with van der Waals surface area (Å²) >= 11 is 18.7. The standard InChI is InChI=1S/C23H16Cl3F3N2O2S/c1-12(21(32)31-20-9-3-13(24)10-18(20)23(27,28)29)34-16-6-4-15(5-7-16)30-22(33)17-8-2-14(25)11-19(17)26/h2-12H,1H3,(H,30,33)(H,31,32). The Labute approximate surface area is 212 Å². The first-order valence-electron chi connectivity index (χ1n) is 9.65. The number of amides is 2. The van der Waals surface area contributed by atoms with Crippen LogP contribution in [0, 0.1) is 0 Å². The summed E-state index contributed by atoms with van der Waals surface area (Å²) < 4.78 is 39.7. The molecule has 1 unspecified atom stereocenters. The van der Waals surface area contributed by atoms with Crippen LogP contribution in [0.3, 0.4) is 0 Å². The SMILES string of the molecule is CC(Sc1ccc(NC(=O)c2ccc(Cl)cc2Cl)cc1)C(=O)Nc1ccc(Cl)cc1C(F)(F)F. The fourth-order valence-corrected chi connectivity index (χ4v) is 4.37. The first kappa shape index (κ1) is 26.2. The molecule has 0 aliphatic carbocycles. The molecule has 0 aliphatic heterocycles. The average molecular weight is 548 g/mol. The van der Waals surface area contributed by atoms with E-state index in [1.807, 2.05) is 0 Å². The quantitative estimate of drug-likeness (QED) is 0.307. The predicted octanol–water partition coefficient (Wildman–Crippen LogP) is 8.04. The van der Waals surface area contributed by atoms with Gasteiger partial charge in [-0.1, -0.05) is 34.8 Å². The maximum Gasteiger partial charge on any atom is 0.418 e. The van der Waals surface area contributed by atoms with Crippen LogP contribution in [0.4, 0.5) is 24.5 Å². The molecular formula is C23H16Cl3F3N2O2S. The Kier molecular flexibility index (Phi) is 8.41. The van der Waals surface area contributed by atoms with Gasteiger partial charge >= 0.3 is 6.18 Å². The smallest absolute Gasteiger partial charge is 0.325 e. The number of hydrogen-bond acceptors (Lipinski definition) is 3. The zero-order chi connectivity index (χ0) is 25.0. The van der Waals surface area contributed by atoms with E-state index in [-0.39, 0.29) is 21.3 Å². The molecule has 0 radical (unpaired) electrons. The maximum atomic E-state index is 13.2. The highest BCUT2D eigenvalue weighted by atomic mass is 35.5. The van der Waals surface area contributed by atoms with Gasteiger partial charge in [-0.15, -0.1) is 11.8 Å². The summed E-state index contributed by atoms with van der Waals surface area (Å²) in [6.07, 6.45) is -4.67. The third-order valence-corrected chi connectivity index (χ3v) is 6.41. The largest absolute Gasteiger partial charge is 0.418 e. The number of hydrogen-bond donors (Lipinski definition) is 2. The topological polar surface area (TPSA) is 58.2 Å². The minimum Gasteiger partial charge on any atom is -0.325 e. The molecule has 178 valence electrons. The highest BCUT2D eigenvalue weighted by Crippen LogP contribution is 2.37. The van der Waals surface area contributed by atoms with Crippen LogP contribution in [0.5, 0.6) is 0 Å². The summed E-state index contributed by atoms with van der Waals surface area (Å²) in [5.41, 5.74) is -0.636. The van der Waals surface area contributed by atoms with Gasteiger partial charge in [0, 0.05) is 20.6 Å². The number of alkyl halides is 3.